The number of aromatic nitrogens is 1. The lowest BCUT2D eigenvalue weighted by Gasteiger charge is -2.26. The molecule has 1 unspecified atom stereocenters. The van der Waals surface area contributed by atoms with Crippen molar-refractivity contribution >= 4 is 38.5 Å². The molecule has 1 atom stereocenters. The molecule has 6 nitrogen and oxygen atoms in total. The molecule has 1 aromatic heterocycles. The van der Waals surface area contributed by atoms with Gasteiger partial charge in [0.15, 0.2) is 9.84 Å². The van der Waals surface area contributed by atoms with Gasteiger partial charge in [-0.1, -0.05) is 18.2 Å². The lowest BCUT2D eigenvalue weighted by Crippen LogP contribution is -2.41. The molecular weight excluding hydrogens is 406 g/mol. The summed E-state index contributed by atoms with van der Waals surface area (Å²) in [6.07, 6.45) is 2.52. The van der Waals surface area contributed by atoms with E-state index in [1.807, 2.05) is 25.1 Å². The van der Waals surface area contributed by atoms with Crippen LogP contribution in [0.25, 0.3) is 0 Å². The van der Waals surface area contributed by atoms with E-state index in [4.69, 9.17) is 0 Å². The minimum atomic E-state index is -3.46. The summed E-state index contributed by atoms with van der Waals surface area (Å²) in [5, 5.41) is 5.20. The van der Waals surface area contributed by atoms with Gasteiger partial charge in [-0.05, 0) is 49.2 Å². The smallest absolute Gasteiger partial charge is 0.246 e. The zero-order valence-electron chi connectivity index (χ0n) is 15.9. The second-order valence-corrected chi connectivity index (χ2v) is 9.92. The minimum absolute atomic E-state index is 0.123. The Kier molecular flexibility index (Phi) is 5.38. The second-order valence-electron chi connectivity index (χ2n) is 6.95. The van der Waals surface area contributed by atoms with Crippen LogP contribution in [-0.4, -0.2) is 31.9 Å². The molecule has 2 aromatic carbocycles. The van der Waals surface area contributed by atoms with Gasteiger partial charge in [-0.3, -0.25) is 4.79 Å². The summed E-state index contributed by atoms with van der Waals surface area (Å²) in [5.74, 6) is -0.248. The Hall–Kier alpha value is -2.71. The fourth-order valence-corrected chi connectivity index (χ4v) is 5.73. The summed E-state index contributed by atoms with van der Waals surface area (Å²) in [5.41, 5.74) is 2.92. The van der Waals surface area contributed by atoms with Gasteiger partial charge in [0.1, 0.15) is 16.8 Å². The van der Waals surface area contributed by atoms with Gasteiger partial charge in [0, 0.05) is 29.5 Å². The number of nitrogens with zero attached hydrogens (tertiary/aromatic N) is 2. The normalized spacial score (nSPS) is 14.4. The van der Waals surface area contributed by atoms with E-state index in [1.54, 1.807) is 23.7 Å². The summed E-state index contributed by atoms with van der Waals surface area (Å²) in [6.45, 7) is 2.69. The van der Waals surface area contributed by atoms with E-state index in [0.717, 1.165) is 18.7 Å². The number of amides is 1. The Balaban J connectivity index is 1.43. The predicted octanol–water partition coefficient (Wildman–Crippen LogP) is 3.51. The fraction of sp³-hybridized carbons (Fsp3) is 0.238. The monoisotopic (exact) mass is 427 g/mol. The van der Waals surface area contributed by atoms with Crippen LogP contribution in [-0.2, 0) is 26.8 Å². The van der Waals surface area contributed by atoms with Crippen LogP contribution in [0.15, 0.2) is 65.0 Å². The largest absolute Gasteiger partial charge is 0.359 e. The van der Waals surface area contributed by atoms with Crippen molar-refractivity contribution in [1.29, 1.82) is 0 Å². The SMILES string of the molecule is CC(C(=O)Nc1ccc(S(=O)(=O)Cc2nccs2)cc1)N1CCc2ccccc21. The van der Waals surface area contributed by atoms with Gasteiger partial charge in [0.2, 0.25) is 5.91 Å². The van der Waals surface area contributed by atoms with Gasteiger partial charge in [-0.25, -0.2) is 13.4 Å². The highest BCUT2D eigenvalue weighted by Gasteiger charge is 2.27. The summed E-state index contributed by atoms with van der Waals surface area (Å²) >= 11 is 1.31. The number of hydrogen-bond donors (Lipinski definition) is 1. The third-order valence-electron chi connectivity index (χ3n) is 5.05. The molecule has 0 spiro atoms. The zero-order chi connectivity index (χ0) is 20.4. The van der Waals surface area contributed by atoms with Crippen LogP contribution in [0.2, 0.25) is 0 Å². The maximum atomic E-state index is 12.7. The molecular formula is C21H21N3O3S2. The Bertz CT molecular complexity index is 1110. The first-order valence-corrected chi connectivity index (χ1v) is 11.8. The van der Waals surface area contributed by atoms with E-state index < -0.39 is 9.84 Å². The molecule has 8 heteroatoms. The van der Waals surface area contributed by atoms with Crippen LogP contribution in [0, 0.1) is 0 Å². The number of hydrogen-bond acceptors (Lipinski definition) is 6. The standard InChI is InChI=1S/C21H21N3O3S2/c1-15(24-12-10-16-4-2-3-5-19(16)24)21(25)23-17-6-8-18(9-7-17)29(26,27)14-20-22-11-13-28-20/h2-9,11,13,15H,10,12,14H2,1H3,(H,23,25). The molecule has 0 aliphatic carbocycles. The molecule has 0 fully saturated rings. The average molecular weight is 428 g/mol. The van der Waals surface area contributed by atoms with Gasteiger partial charge in [0.25, 0.3) is 0 Å². The van der Waals surface area contributed by atoms with Gasteiger partial charge >= 0.3 is 0 Å². The maximum absolute atomic E-state index is 12.7. The molecule has 0 saturated heterocycles. The minimum Gasteiger partial charge on any atom is -0.359 e. The zero-order valence-corrected chi connectivity index (χ0v) is 17.5. The second kappa shape index (κ2) is 7.96. The van der Waals surface area contributed by atoms with E-state index in [0.29, 0.717) is 10.7 Å². The van der Waals surface area contributed by atoms with Crippen molar-refractivity contribution in [2.24, 2.45) is 0 Å². The van der Waals surface area contributed by atoms with Crippen molar-refractivity contribution in [3.05, 3.63) is 70.7 Å². The van der Waals surface area contributed by atoms with E-state index >= 15 is 0 Å². The van der Waals surface area contributed by atoms with Crippen LogP contribution in [0.4, 0.5) is 11.4 Å². The first-order chi connectivity index (χ1) is 13.9. The van der Waals surface area contributed by atoms with E-state index in [-0.39, 0.29) is 22.6 Å². The number of benzene rings is 2. The highest BCUT2D eigenvalue weighted by Crippen LogP contribution is 2.29. The first-order valence-electron chi connectivity index (χ1n) is 9.31. The topological polar surface area (TPSA) is 79.4 Å². The third-order valence-corrected chi connectivity index (χ3v) is 7.65. The highest BCUT2D eigenvalue weighted by molar-refractivity contribution is 7.90. The van der Waals surface area contributed by atoms with E-state index in [9.17, 15) is 13.2 Å². The number of carbonyl (C=O) groups excluding carboxylic acids is 1. The van der Waals surface area contributed by atoms with Crippen LogP contribution < -0.4 is 10.2 Å². The van der Waals surface area contributed by atoms with Crippen LogP contribution >= 0.6 is 11.3 Å². The summed E-state index contributed by atoms with van der Waals surface area (Å²) in [7, 11) is -3.46. The quantitative estimate of drug-likeness (QED) is 0.651. The lowest BCUT2D eigenvalue weighted by molar-refractivity contribution is -0.117. The molecule has 3 aromatic rings. The molecule has 1 N–H and O–H groups in total. The molecule has 150 valence electrons. The molecule has 0 saturated carbocycles. The number of rotatable bonds is 6. The number of carbonyl (C=O) groups is 1. The summed E-state index contributed by atoms with van der Waals surface area (Å²) in [6, 6.07) is 14.1. The predicted molar refractivity (Wildman–Crippen MR) is 115 cm³/mol. The van der Waals surface area contributed by atoms with Gasteiger partial charge in [0.05, 0.1) is 4.90 Å². The maximum Gasteiger partial charge on any atom is 0.246 e. The number of anilines is 2. The van der Waals surface area contributed by atoms with Crippen LogP contribution in [0.3, 0.4) is 0 Å². The molecule has 29 heavy (non-hydrogen) atoms. The number of para-hydroxylation sites is 1. The Labute approximate surface area is 174 Å². The van der Waals surface area contributed by atoms with Crippen LogP contribution in [0.1, 0.15) is 17.5 Å². The molecule has 0 bridgehead atoms. The van der Waals surface area contributed by atoms with Crippen molar-refractivity contribution < 1.29 is 13.2 Å². The van der Waals surface area contributed by atoms with Crippen LogP contribution in [0.5, 0.6) is 0 Å². The third kappa shape index (κ3) is 4.18. The summed E-state index contributed by atoms with van der Waals surface area (Å²) in [4.78, 5) is 19.1. The van der Waals surface area contributed by atoms with Crippen molar-refractivity contribution in [3.63, 3.8) is 0 Å². The summed E-state index contributed by atoms with van der Waals surface area (Å²) < 4.78 is 25.0. The molecule has 1 aliphatic heterocycles. The molecule has 1 aliphatic rings. The van der Waals surface area contributed by atoms with E-state index in [2.05, 4.69) is 21.3 Å². The lowest BCUT2D eigenvalue weighted by atomic mass is 10.1. The Morgan fingerprint density at radius 3 is 2.69 bits per heavy atom. The molecule has 4 rings (SSSR count). The van der Waals surface area contributed by atoms with Crippen molar-refractivity contribution in [2.45, 2.75) is 30.0 Å². The van der Waals surface area contributed by atoms with Crippen molar-refractivity contribution in [3.8, 4) is 0 Å². The molecule has 1 amide bonds. The molecule has 2 heterocycles. The van der Waals surface area contributed by atoms with Gasteiger partial charge in [-0.15, -0.1) is 11.3 Å². The average Bonchev–Trinajstić information content (AvgIpc) is 3.37. The first kappa shape index (κ1) is 19.6. The Morgan fingerprint density at radius 2 is 1.97 bits per heavy atom. The number of nitrogens with one attached hydrogen (secondary N) is 1. The highest BCUT2D eigenvalue weighted by atomic mass is 32.2. The fourth-order valence-electron chi connectivity index (χ4n) is 3.47. The van der Waals surface area contributed by atoms with E-state index in [1.165, 1.54) is 29.0 Å². The number of fused-ring (bicyclic) bond motifs is 1. The molecule has 0 radical (unpaired) electrons. The van der Waals surface area contributed by atoms with Gasteiger partial charge in [-0.2, -0.15) is 0 Å². The Morgan fingerprint density at radius 1 is 1.21 bits per heavy atom. The van der Waals surface area contributed by atoms with Gasteiger partial charge < -0.3 is 10.2 Å². The van der Waals surface area contributed by atoms with Crippen molar-refractivity contribution in [2.75, 3.05) is 16.8 Å². The number of sulfone groups is 1. The van der Waals surface area contributed by atoms with Crippen molar-refractivity contribution in [1.82, 2.24) is 4.98 Å². The number of thiazole rings is 1.